The molecule has 0 saturated carbocycles. The Morgan fingerprint density at radius 3 is 1.75 bits per heavy atom. The Kier molecular flexibility index (Phi) is 10.8. The smallest absolute Gasteiger partial charge is 0.790 e. The van der Waals surface area contributed by atoms with Crippen LogP contribution in [-0.4, -0.2) is 29.0 Å². The van der Waals surface area contributed by atoms with Gasteiger partial charge in [-0.25, -0.2) is 9.69 Å². The summed E-state index contributed by atoms with van der Waals surface area (Å²) in [5.41, 5.74) is -0.539. The van der Waals surface area contributed by atoms with Gasteiger partial charge < -0.3 is 29.7 Å². The molecular weight excluding hydrogens is 409 g/mol. The molecule has 0 unspecified atom stereocenters. The predicted octanol–water partition coefficient (Wildman–Crippen LogP) is -6.53. The van der Waals surface area contributed by atoms with Crippen molar-refractivity contribution in [3.63, 3.8) is 0 Å². The van der Waals surface area contributed by atoms with Crippen LogP contribution in [0.2, 0.25) is 0 Å². The van der Waals surface area contributed by atoms with Gasteiger partial charge in [-0.15, -0.1) is 0 Å². The zero-order chi connectivity index (χ0) is 18.1. The second-order valence-electron chi connectivity index (χ2n) is 5.35. The molecule has 28 heavy (non-hydrogen) atoms. The molecule has 1 aliphatic rings. The molecule has 138 valence electrons. The average Bonchev–Trinajstić information content (AvgIpc) is 2.85. The quantitative estimate of drug-likeness (QED) is 0.286. The van der Waals surface area contributed by atoms with Crippen LogP contribution >= 0.6 is 7.82 Å². The van der Waals surface area contributed by atoms with Crippen LogP contribution in [0, 0.1) is 0 Å². The molecule has 9 nitrogen and oxygen atoms in total. The van der Waals surface area contributed by atoms with Gasteiger partial charge in [-0.1, -0.05) is 60.7 Å². The van der Waals surface area contributed by atoms with E-state index in [1.54, 1.807) is 60.7 Å². The van der Waals surface area contributed by atoms with E-state index in [0.29, 0.717) is 16.0 Å². The fourth-order valence-corrected chi connectivity index (χ4v) is 3.01. The molecule has 0 spiro atoms. The van der Waals surface area contributed by atoms with E-state index < -0.39 is 32.0 Å². The average molecular weight is 424 g/mol. The van der Waals surface area contributed by atoms with Gasteiger partial charge in [-0.3, -0.25) is 4.79 Å². The van der Waals surface area contributed by atoms with Crippen molar-refractivity contribution >= 4 is 19.8 Å². The van der Waals surface area contributed by atoms with E-state index in [0.717, 1.165) is 0 Å². The Bertz CT molecular complexity index is 809. The van der Waals surface area contributed by atoms with Crippen LogP contribution in [-0.2, 0) is 19.4 Å². The van der Waals surface area contributed by atoms with Crippen LogP contribution in [0.15, 0.2) is 60.7 Å². The van der Waals surface area contributed by atoms with Crippen molar-refractivity contribution in [2.24, 2.45) is 0 Å². The Balaban J connectivity index is 0.00000243. The number of phosphoric ester groups is 1. The number of nitrogens with zero attached hydrogens (tertiary/aromatic N) is 1. The molecule has 0 bridgehead atoms. The third-order valence-electron chi connectivity index (χ3n) is 3.86. The third-order valence-corrected chi connectivity index (χ3v) is 4.30. The molecule has 2 aromatic rings. The van der Waals surface area contributed by atoms with E-state index >= 15 is 0 Å². The summed E-state index contributed by atoms with van der Waals surface area (Å²) in [7, 11) is -5.33. The van der Waals surface area contributed by atoms with Crippen LogP contribution in [0.25, 0.3) is 0 Å². The Morgan fingerprint density at radius 1 is 0.929 bits per heavy atom. The summed E-state index contributed by atoms with van der Waals surface area (Å²) in [6, 6.07) is 16.2. The monoisotopic (exact) mass is 424 g/mol. The largest absolute Gasteiger partial charge is 1.00 e. The topological polar surface area (TPSA) is 153 Å². The van der Waals surface area contributed by atoms with E-state index in [9.17, 15) is 23.9 Å². The van der Waals surface area contributed by atoms with Crippen LogP contribution < -0.4 is 74.2 Å². The second-order valence-corrected chi connectivity index (χ2v) is 6.50. The Labute approximate surface area is 205 Å². The van der Waals surface area contributed by atoms with E-state index in [4.69, 9.17) is 0 Å². The third kappa shape index (κ3) is 5.53. The van der Waals surface area contributed by atoms with Gasteiger partial charge in [0.05, 0.1) is 7.82 Å². The SMILES string of the molecule is O.O=C1NC(c2ccccc2)(c2ccccc2)C(=O)N1COP(=O)([O-])[O-].[Na+].[Na+]. The van der Waals surface area contributed by atoms with Gasteiger partial charge in [0.1, 0.15) is 6.73 Å². The minimum atomic E-state index is -5.33. The maximum atomic E-state index is 13.0. The summed E-state index contributed by atoms with van der Waals surface area (Å²) < 4.78 is 14.8. The summed E-state index contributed by atoms with van der Waals surface area (Å²) in [6.45, 7) is -0.976. The summed E-state index contributed by atoms with van der Waals surface area (Å²) >= 11 is 0. The molecule has 0 atom stereocenters. The van der Waals surface area contributed by atoms with E-state index in [1.807, 2.05) is 0 Å². The van der Waals surface area contributed by atoms with Crippen molar-refractivity contribution in [3.8, 4) is 0 Å². The fraction of sp³-hybridized carbons (Fsp3) is 0.125. The first-order valence-corrected chi connectivity index (χ1v) is 8.72. The summed E-state index contributed by atoms with van der Waals surface area (Å²) in [5, 5.41) is 2.60. The molecule has 0 radical (unpaired) electrons. The minimum Gasteiger partial charge on any atom is -0.790 e. The maximum Gasteiger partial charge on any atom is 1.00 e. The van der Waals surface area contributed by atoms with Crippen molar-refractivity contribution in [3.05, 3.63) is 71.8 Å². The van der Waals surface area contributed by atoms with Gasteiger partial charge in [0.2, 0.25) is 0 Å². The van der Waals surface area contributed by atoms with Gasteiger partial charge in [0.15, 0.2) is 5.54 Å². The first kappa shape index (κ1) is 27.5. The van der Waals surface area contributed by atoms with Gasteiger partial charge in [0, 0.05) is 0 Å². The van der Waals surface area contributed by atoms with Gasteiger partial charge in [-0.2, -0.15) is 0 Å². The molecule has 1 heterocycles. The number of amides is 3. The number of carbonyl (C=O) groups is 2. The maximum absolute atomic E-state index is 13.0. The number of nitrogens with one attached hydrogen (secondary N) is 1. The van der Waals surface area contributed by atoms with Crippen LogP contribution in [0.1, 0.15) is 11.1 Å². The minimum absolute atomic E-state index is 0. The van der Waals surface area contributed by atoms with Crippen molar-refractivity contribution in [1.29, 1.82) is 0 Å². The normalized spacial score (nSPS) is 15.0. The van der Waals surface area contributed by atoms with Gasteiger partial charge in [-0.05, 0) is 11.1 Å². The second kappa shape index (κ2) is 11.0. The number of hydrogen-bond acceptors (Lipinski definition) is 6. The van der Waals surface area contributed by atoms with Gasteiger partial charge >= 0.3 is 65.1 Å². The first-order chi connectivity index (χ1) is 11.8. The molecule has 0 aromatic heterocycles. The molecule has 3 amide bonds. The molecule has 1 saturated heterocycles. The molecule has 2 aromatic carbocycles. The van der Waals surface area contributed by atoms with Crippen molar-refractivity contribution in [2.75, 3.05) is 6.73 Å². The number of rotatable bonds is 5. The predicted molar refractivity (Wildman–Crippen MR) is 86.2 cm³/mol. The Morgan fingerprint density at radius 2 is 1.36 bits per heavy atom. The standard InChI is InChI=1S/C16H15N2O6P.2Na.H2O/c19-14-16(12-7-3-1-4-8-12,13-9-5-2-6-10-13)17-15(20)18(14)11-24-25(21,22)23;;;/h1-10H,11H2,(H,17,20)(H2,21,22,23);;;1H2/q;2*+1;/p-2. The number of phosphoric acid groups is 1. The zero-order valence-electron chi connectivity index (χ0n) is 15.3. The summed E-state index contributed by atoms with van der Waals surface area (Å²) in [6.07, 6.45) is 0. The number of carbonyl (C=O) groups excluding carboxylic acids is 2. The van der Waals surface area contributed by atoms with Crippen LogP contribution in [0.5, 0.6) is 0 Å². The summed E-state index contributed by atoms with van der Waals surface area (Å²) in [4.78, 5) is 47.2. The molecule has 0 aliphatic carbocycles. The molecular formula is C16H15N2Na2O7P. The van der Waals surface area contributed by atoms with Gasteiger partial charge in [0.25, 0.3) is 5.91 Å². The van der Waals surface area contributed by atoms with Crippen molar-refractivity contribution < 1.29 is 93.1 Å². The van der Waals surface area contributed by atoms with E-state index in [2.05, 4.69) is 9.84 Å². The summed E-state index contributed by atoms with van der Waals surface area (Å²) in [5.74, 6) is -0.733. The number of urea groups is 1. The first-order valence-electron chi connectivity index (χ1n) is 7.26. The molecule has 1 fully saturated rings. The van der Waals surface area contributed by atoms with Crippen LogP contribution in [0.4, 0.5) is 4.79 Å². The molecule has 3 rings (SSSR count). The van der Waals surface area contributed by atoms with Crippen molar-refractivity contribution in [2.45, 2.75) is 5.54 Å². The molecule has 3 N–H and O–H groups in total. The Hall–Kier alpha value is -0.550. The zero-order valence-corrected chi connectivity index (χ0v) is 20.2. The molecule has 1 aliphatic heterocycles. The number of imide groups is 1. The van der Waals surface area contributed by atoms with E-state index in [1.165, 1.54) is 0 Å². The number of benzene rings is 2. The van der Waals surface area contributed by atoms with Crippen LogP contribution in [0.3, 0.4) is 0 Å². The molecule has 12 heteroatoms. The fourth-order valence-electron chi connectivity index (χ4n) is 2.76. The van der Waals surface area contributed by atoms with Crippen molar-refractivity contribution in [1.82, 2.24) is 10.2 Å². The van der Waals surface area contributed by atoms with E-state index in [-0.39, 0.29) is 64.6 Å². The number of hydrogen-bond donors (Lipinski definition) is 1.